The summed E-state index contributed by atoms with van der Waals surface area (Å²) in [6, 6.07) is 7.15. The van der Waals surface area contributed by atoms with Crippen LogP contribution in [0, 0.1) is 11.7 Å². The molecule has 1 heterocycles. The number of fused-ring (bicyclic) bond motifs is 1. The fraction of sp³-hybridized carbons (Fsp3) is 0.417. The fourth-order valence-corrected chi connectivity index (χ4v) is 4.65. The molecule has 1 unspecified atom stereocenters. The second-order valence-electron chi connectivity index (χ2n) is 9.43. The molecule has 3 aromatic rings. The Hall–Kier alpha value is -1.74. The zero-order valence-electron chi connectivity index (χ0n) is 19.1. The zero-order valence-corrected chi connectivity index (χ0v) is 20.6. The molecule has 1 aromatic heterocycles. The summed E-state index contributed by atoms with van der Waals surface area (Å²) in [5, 5.41) is 0.457. The van der Waals surface area contributed by atoms with Crippen molar-refractivity contribution in [3.63, 3.8) is 0 Å². The van der Waals surface area contributed by atoms with Crippen LogP contribution in [0.2, 0.25) is 5.02 Å². The van der Waals surface area contributed by atoms with E-state index in [-0.39, 0.29) is 22.4 Å². The number of halogens is 5. The van der Waals surface area contributed by atoms with Gasteiger partial charge in [-0.05, 0) is 44.9 Å². The molecule has 3 nitrogen and oxygen atoms in total. The molecule has 0 aliphatic carbocycles. The van der Waals surface area contributed by atoms with Crippen LogP contribution >= 0.6 is 11.6 Å². The minimum absolute atomic E-state index is 0.115. The minimum Gasteiger partial charge on any atom is -0.598 e. The molecule has 0 aliphatic heterocycles. The summed E-state index contributed by atoms with van der Waals surface area (Å²) in [4.78, 5) is 0. The highest BCUT2D eigenvalue weighted by Crippen LogP contribution is 2.41. The zero-order chi connectivity index (χ0) is 24.7. The van der Waals surface area contributed by atoms with E-state index in [4.69, 9.17) is 11.6 Å². The van der Waals surface area contributed by atoms with Gasteiger partial charge >= 0.3 is 6.18 Å². The molecule has 9 heteroatoms. The van der Waals surface area contributed by atoms with Crippen molar-refractivity contribution in [1.82, 2.24) is 9.29 Å². The standard InChI is InChI=1S/C24H27ClF4N2OS/c1-14(2)12-31-13-18(22(24(27,28)29)30-33(32)23(3,4)5)17-10-20(26)16(11-21(17)31)15-8-6-7-9-19(15)25/h6-11,13-14,22,30H,12H2,1-5H3/t22-,33?/m0/s1. The summed E-state index contributed by atoms with van der Waals surface area (Å²) < 4.78 is 73.2. The lowest BCUT2D eigenvalue weighted by Gasteiger charge is -2.29. The molecule has 0 saturated heterocycles. The van der Waals surface area contributed by atoms with Crippen LogP contribution in [0.15, 0.2) is 42.6 Å². The van der Waals surface area contributed by atoms with E-state index in [1.807, 2.05) is 13.8 Å². The number of nitrogens with one attached hydrogen (secondary N) is 1. The number of nitrogens with zero attached hydrogens (tertiary/aromatic N) is 1. The first-order valence-corrected chi connectivity index (χ1v) is 12.0. The Balaban J connectivity index is 2.25. The summed E-state index contributed by atoms with van der Waals surface area (Å²) in [5.74, 6) is -0.555. The van der Waals surface area contributed by atoms with E-state index in [0.29, 0.717) is 22.6 Å². The number of alkyl halides is 3. The lowest BCUT2D eigenvalue weighted by Crippen LogP contribution is -2.45. The summed E-state index contributed by atoms with van der Waals surface area (Å²) in [7, 11) is 0. The molecule has 0 saturated carbocycles. The Morgan fingerprint density at radius 3 is 2.27 bits per heavy atom. The number of aromatic nitrogens is 1. The summed E-state index contributed by atoms with van der Waals surface area (Å²) in [6.07, 6.45) is -3.36. The van der Waals surface area contributed by atoms with Gasteiger partial charge in [-0.3, -0.25) is 0 Å². The Morgan fingerprint density at radius 1 is 1.09 bits per heavy atom. The van der Waals surface area contributed by atoms with Gasteiger partial charge in [0.2, 0.25) is 0 Å². The van der Waals surface area contributed by atoms with Crippen molar-refractivity contribution < 1.29 is 22.1 Å². The number of hydrogen-bond donors (Lipinski definition) is 1. The fourth-order valence-electron chi connectivity index (χ4n) is 3.59. The van der Waals surface area contributed by atoms with Crippen LogP contribution in [-0.4, -0.2) is 20.0 Å². The third-order valence-electron chi connectivity index (χ3n) is 5.15. The third kappa shape index (κ3) is 5.67. The maximum absolute atomic E-state index is 15.2. The normalized spacial score (nSPS) is 14.8. The molecule has 0 radical (unpaired) electrons. The van der Waals surface area contributed by atoms with Crippen molar-refractivity contribution in [2.24, 2.45) is 5.92 Å². The quantitative estimate of drug-likeness (QED) is 0.281. The number of rotatable bonds is 6. The third-order valence-corrected chi connectivity index (χ3v) is 7.04. The first-order valence-electron chi connectivity index (χ1n) is 10.5. The van der Waals surface area contributed by atoms with Gasteiger partial charge in [-0.2, -0.15) is 13.2 Å². The maximum Gasteiger partial charge on any atom is 0.412 e. The molecule has 0 fully saturated rings. The topological polar surface area (TPSA) is 40.0 Å². The average Bonchev–Trinajstić information content (AvgIpc) is 3.00. The maximum atomic E-state index is 15.2. The van der Waals surface area contributed by atoms with Gasteiger partial charge < -0.3 is 9.12 Å². The number of benzene rings is 2. The van der Waals surface area contributed by atoms with Crippen molar-refractivity contribution in [3.05, 3.63) is 59.0 Å². The molecular weight excluding hydrogens is 476 g/mol. The predicted molar refractivity (Wildman–Crippen MR) is 127 cm³/mol. The highest BCUT2D eigenvalue weighted by Gasteiger charge is 2.47. The Labute approximate surface area is 199 Å². The van der Waals surface area contributed by atoms with Gasteiger partial charge in [0, 0.05) is 56.7 Å². The van der Waals surface area contributed by atoms with E-state index in [2.05, 4.69) is 4.72 Å². The minimum atomic E-state index is -4.74. The van der Waals surface area contributed by atoms with Crippen molar-refractivity contribution in [2.75, 3.05) is 0 Å². The Kier molecular flexibility index (Phi) is 7.44. The number of hydrogen-bond acceptors (Lipinski definition) is 2. The van der Waals surface area contributed by atoms with E-state index in [1.54, 1.807) is 49.6 Å². The van der Waals surface area contributed by atoms with Gasteiger partial charge in [-0.25, -0.2) is 4.39 Å². The molecule has 2 aromatic carbocycles. The van der Waals surface area contributed by atoms with Crippen LogP contribution in [-0.2, 0) is 17.9 Å². The first-order chi connectivity index (χ1) is 15.2. The van der Waals surface area contributed by atoms with Crippen molar-refractivity contribution in [1.29, 1.82) is 0 Å². The molecule has 1 N–H and O–H groups in total. The molecule has 180 valence electrons. The largest absolute Gasteiger partial charge is 0.598 e. The van der Waals surface area contributed by atoms with Gasteiger partial charge in [0.05, 0.1) is 0 Å². The Bertz CT molecular complexity index is 1140. The molecule has 3 rings (SSSR count). The van der Waals surface area contributed by atoms with Crippen LogP contribution in [0.1, 0.15) is 46.2 Å². The van der Waals surface area contributed by atoms with Gasteiger partial charge in [0.25, 0.3) is 0 Å². The predicted octanol–water partition coefficient (Wildman–Crippen LogP) is 7.41. The van der Waals surface area contributed by atoms with Gasteiger partial charge in [0.15, 0.2) is 6.04 Å². The first kappa shape index (κ1) is 25.9. The van der Waals surface area contributed by atoms with Crippen LogP contribution < -0.4 is 4.72 Å². The van der Waals surface area contributed by atoms with Crippen molar-refractivity contribution in [3.8, 4) is 11.1 Å². The van der Waals surface area contributed by atoms with Crippen molar-refractivity contribution >= 4 is 33.9 Å². The summed E-state index contributed by atoms with van der Waals surface area (Å²) in [5.41, 5.74) is 0.947. The molecule has 0 amide bonds. The highest BCUT2D eigenvalue weighted by atomic mass is 35.5. The molecule has 0 bridgehead atoms. The lowest BCUT2D eigenvalue weighted by atomic mass is 10.0. The SMILES string of the molecule is CC(C)Cn1cc([C@H](N[S+]([O-])C(C)(C)C)C(F)(F)F)c2cc(F)c(-c3ccccc3Cl)cc21. The van der Waals surface area contributed by atoms with Crippen LogP contribution in [0.25, 0.3) is 22.0 Å². The Morgan fingerprint density at radius 2 is 1.73 bits per heavy atom. The smallest absolute Gasteiger partial charge is 0.412 e. The van der Waals surface area contributed by atoms with E-state index >= 15 is 4.39 Å². The highest BCUT2D eigenvalue weighted by molar-refractivity contribution is 7.90. The second-order valence-corrected chi connectivity index (χ2v) is 11.8. The molecule has 0 spiro atoms. The molecule has 33 heavy (non-hydrogen) atoms. The molecule has 2 atom stereocenters. The van der Waals surface area contributed by atoms with E-state index in [1.165, 1.54) is 12.3 Å². The summed E-state index contributed by atoms with van der Waals surface area (Å²) >= 11 is 4.26. The van der Waals surface area contributed by atoms with Gasteiger partial charge in [0.1, 0.15) is 10.6 Å². The molecular formula is C24H27ClF4N2OS. The lowest BCUT2D eigenvalue weighted by molar-refractivity contribution is -0.152. The van der Waals surface area contributed by atoms with E-state index < -0.39 is 34.1 Å². The van der Waals surface area contributed by atoms with Crippen LogP contribution in [0.3, 0.4) is 0 Å². The monoisotopic (exact) mass is 502 g/mol. The van der Waals surface area contributed by atoms with Gasteiger partial charge in [-0.1, -0.05) is 43.6 Å². The van der Waals surface area contributed by atoms with E-state index in [0.717, 1.165) is 6.07 Å². The average molecular weight is 503 g/mol. The van der Waals surface area contributed by atoms with Crippen LogP contribution in [0.5, 0.6) is 0 Å². The second kappa shape index (κ2) is 9.49. The van der Waals surface area contributed by atoms with Crippen LogP contribution in [0.4, 0.5) is 17.6 Å². The van der Waals surface area contributed by atoms with Gasteiger partial charge in [-0.15, -0.1) is 4.72 Å². The summed E-state index contributed by atoms with van der Waals surface area (Å²) in [6.45, 7) is 9.07. The molecule has 0 aliphatic rings. The van der Waals surface area contributed by atoms with E-state index in [9.17, 15) is 17.7 Å². The van der Waals surface area contributed by atoms with Crippen molar-refractivity contribution in [2.45, 2.75) is 58.1 Å².